The molecular weight excluding hydrogens is 400 g/mol. The lowest BCUT2D eigenvalue weighted by Gasteiger charge is -2.18. The Morgan fingerprint density at radius 2 is 1.26 bits per heavy atom. The van der Waals surface area contributed by atoms with E-state index in [9.17, 15) is 5.11 Å². The van der Waals surface area contributed by atoms with E-state index in [1.165, 1.54) is 108 Å². The first-order valence-electron chi connectivity index (χ1n) is 13.2. The van der Waals surface area contributed by atoms with Gasteiger partial charge in [-0.25, -0.2) is 0 Å². The van der Waals surface area contributed by atoms with Crippen molar-refractivity contribution in [3.8, 4) is 5.75 Å². The number of aryl methyl sites for hydroxylation is 1. The van der Waals surface area contributed by atoms with Gasteiger partial charge in [0.1, 0.15) is 11.9 Å². The largest absolute Gasteiger partial charge is 0.487 e. The van der Waals surface area contributed by atoms with Crippen LogP contribution in [0.4, 0.5) is 0 Å². The van der Waals surface area contributed by atoms with Crippen molar-refractivity contribution in [2.24, 2.45) is 0 Å². The summed E-state index contributed by atoms with van der Waals surface area (Å²) in [6, 6.07) is 8.17. The Balaban J connectivity index is 1.88. The molecule has 2 nitrogen and oxygen atoms in total. The summed E-state index contributed by atoms with van der Waals surface area (Å²) in [4.78, 5) is 0. The van der Waals surface area contributed by atoms with Crippen molar-refractivity contribution in [1.82, 2.24) is 0 Å². The number of unbranched alkanes of at least 4 members (excludes halogenated alkanes) is 14. The molecule has 31 heavy (non-hydrogen) atoms. The Labute approximate surface area is 197 Å². The van der Waals surface area contributed by atoms with Crippen LogP contribution in [0.1, 0.15) is 116 Å². The minimum atomic E-state index is -0.103. The van der Waals surface area contributed by atoms with Crippen LogP contribution in [0.5, 0.6) is 5.75 Å². The number of para-hydroxylation sites is 1. The Bertz CT molecular complexity index is 506. The molecule has 0 aliphatic heterocycles. The molecule has 0 spiro atoms. The number of thioether (sulfide) groups is 1. The van der Waals surface area contributed by atoms with Crippen molar-refractivity contribution >= 4 is 11.8 Å². The molecule has 0 saturated heterocycles. The molecule has 1 aromatic carbocycles. The SMILES string of the molecule is CCCCCCCCCCCCCCCCCSCC(CO)Oc1ccccc1CC. The zero-order valence-electron chi connectivity index (χ0n) is 20.6. The summed E-state index contributed by atoms with van der Waals surface area (Å²) in [5.74, 6) is 2.97. The van der Waals surface area contributed by atoms with Gasteiger partial charge in [0.25, 0.3) is 0 Å². The zero-order valence-corrected chi connectivity index (χ0v) is 21.4. The van der Waals surface area contributed by atoms with Crippen LogP contribution in [-0.2, 0) is 6.42 Å². The van der Waals surface area contributed by atoms with Crippen LogP contribution in [0.3, 0.4) is 0 Å². The van der Waals surface area contributed by atoms with Crippen molar-refractivity contribution in [1.29, 1.82) is 0 Å². The first-order valence-corrected chi connectivity index (χ1v) is 14.4. The molecule has 0 fully saturated rings. The molecule has 0 heterocycles. The second kappa shape index (κ2) is 21.2. The van der Waals surface area contributed by atoms with Crippen LogP contribution in [0.15, 0.2) is 24.3 Å². The zero-order chi connectivity index (χ0) is 22.4. The third kappa shape index (κ3) is 15.7. The van der Waals surface area contributed by atoms with Crippen LogP contribution >= 0.6 is 11.8 Å². The average Bonchev–Trinajstić information content (AvgIpc) is 2.80. The number of benzene rings is 1. The highest BCUT2D eigenvalue weighted by atomic mass is 32.2. The van der Waals surface area contributed by atoms with Crippen LogP contribution in [0, 0.1) is 0 Å². The molecular formula is C28H50O2S. The summed E-state index contributed by atoms with van der Waals surface area (Å²) < 4.78 is 6.04. The normalized spacial score (nSPS) is 12.2. The van der Waals surface area contributed by atoms with E-state index in [1.54, 1.807) is 0 Å². The number of hydrogen-bond acceptors (Lipinski definition) is 3. The van der Waals surface area contributed by atoms with Crippen LogP contribution in [-0.4, -0.2) is 29.3 Å². The Morgan fingerprint density at radius 3 is 1.77 bits per heavy atom. The summed E-state index contributed by atoms with van der Waals surface area (Å²) in [5.41, 5.74) is 1.22. The quantitative estimate of drug-likeness (QED) is 0.179. The molecule has 1 aromatic rings. The van der Waals surface area contributed by atoms with Gasteiger partial charge < -0.3 is 9.84 Å². The highest BCUT2D eigenvalue weighted by Gasteiger charge is 2.11. The third-order valence-corrected chi connectivity index (χ3v) is 7.23. The minimum Gasteiger partial charge on any atom is -0.487 e. The van der Waals surface area contributed by atoms with Crippen molar-refractivity contribution in [3.05, 3.63) is 29.8 Å². The minimum absolute atomic E-state index is 0.0872. The summed E-state index contributed by atoms with van der Waals surface area (Å²) in [5, 5.41) is 9.65. The van der Waals surface area contributed by atoms with Crippen molar-refractivity contribution in [3.63, 3.8) is 0 Å². The molecule has 1 N–H and O–H groups in total. The molecule has 0 amide bonds. The first kappa shape index (κ1) is 28.4. The number of aliphatic hydroxyl groups excluding tert-OH is 1. The molecule has 3 heteroatoms. The number of hydrogen-bond donors (Lipinski definition) is 1. The Morgan fingerprint density at radius 1 is 0.742 bits per heavy atom. The molecule has 0 aliphatic carbocycles. The predicted molar refractivity (Wildman–Crippen MR) is 140 cm³/mol. The fraction of sp³-hybridized carbons (Fsp3) is 0.786. The van der Waals surface area contributed by atoms with Gasteiger partial charge in [0, 0.05) is 5.75 Å². The van der Waals surface area contributed by atoms with Gasteiger partial charge in [-0.1, -0.05) is 122 Å². The molecule has 1 unspecified atom stereocenters. The van der Waals surface area contributed by atoms with Gasteiger partial charge in [0.15, 0.2) is 0 Å². The van der Waals surface area contributed by atoms with E-state index < -0.39 is 0 Å². The maximum absolute atomic E-state index is 9.65. The number of rotatable bonds is 22. The van der Waals surface area contributed by atoms with Gasteiger partial charge in [-0.3, -0.25) is 0 Å². The topological polar surface area (TPSA) is 29.5 Å². The van der Waals surface area contributed by atoms with Crippen LogP contribution < -0.4 is 4.74 Å². The van der Waals surface area contributed by atoms with E-state index in [2.05, 4.69) is 19.9 Å². The second-order valence-corrected chi connectivity index (χ2v) is 10.1. The number of aliphatic hydroxyl groups is 1. The maximum Gasteiger partial charge on any atom is 0.131 e. The summed E-state index contributed by atoms with van der Waals surface area (Å²) in [7, 11) is 0. The molecule has 0 radical (unpaired) electrons. The molecule has 1 rings (SSSR count). The smallest absolute Gasteiger partial charge is 0.131 e. The highest BCUT2D eigenvalue weighted by molar-refractivity contribution is 7.99. The molecule has 0 aromatic heterocycles. The Kier molecular flexibility index (Phi) is 19.4. The van der Waals surface area contributed by atoms with E-state index in [-0.39, 0.29) is 12.7 Å². The molecule has 1 atom stereocenters. The lowest BCUT2D eigenvalue weighted by Crippen LogP contribution is -2.24. The van der Waals surface area contributed by atoms with E-state index in [4.69, 9.17) is 4.74 Å². The maximum atomic E-state index is 9.65. The summed E-state index contributed by atoms with van der Waals surface area (Å²) in [6.45, 7) is 4.52. The Hall–Kier alpha value is -0.670. The molecule has 180 valence electrons. The van der Waals surface area contributed by atoms with E-state index in [0.29, 0.717) is 0 Å². The van der Waals surface area contributed by atoms with Gasteiger partial charge >= 0.3 is 0 Å². The predicted octanol–water partition coefficient (Wildman–Crippen LogP) is 8.59. The lowest BCUT2D eigenvalue weighted by atomic mass is 10.0. The lowest BCUT2D eigenvalue weighted by molar-refractivity contribution is 0.132. The first-order chi connectivity index (χ1) is 15.3. The van der Waals surface area contributed by atoms with Gasteiger partial charge in [0.2, 0.25) is 0 Å². The van der Waals surface area contributed by atoms with Crippen LogP contribution in [0.25, 0.3) is 0 Å². The molecule has 0 bridgehead atoms. The molecule has 0 aliphatic rings. The fourth-order valence-corrected chi connectivity index (χ4v) is 5.02. The standard InChI is InChI=1S/C28H50O2S/c1-3-5-6-7-8-9-10-11-12-13-14-15-16-17-20-23-31-25-27(24-29)30-28-22-19-18-21-26(28)4-2/h18-19,21-22,27,29H,3-17,20,23-25H2,1-2H3. The van der Waals surface area contributed by atoms with Gasteiger partial charge in [0.05, 0.1) is 6.61 Å². The van der Waals surface area contributed by atoms with Crippen molar-refractivity contribution < 1.29 is 9.84 Å². The van der Waals surface area contributed by atoms with E-state index in [1.807, 2.05) is 30.0 Å². The van der Waals surface area contributed by atoms with Gasteiger partial charge in [-0.15, -0.1) is 0 Å². The van der Waals surface area contributed by atoms with Crippen LogP contribution in [0.2, 0.25) is 0 Å². The third-order valence-electron chi connectivity index (χ3n) is 6.05. The van der Waals surface area contributed by atoms with E-state index >= 15 is 0 Å². The van der Waals surface area contributed by atoms with E-state index in [0.717, 1.165) is 17.9 Å². The monoisotopic (exact) mass is 450 g/mol. The van der Waals surface area contributed by atoms with Crippen molar-refractivity contribution in [2.45, 2.75) is 123 Å². The summed E-state index contributed by atoms with van der Waals surface area (Å²) >= 11 is 1.92. The molecule has 0 saturated carbocycles. The average molecular weight is 451 g/mol. The summed E-state index contributed by atoms with van der Waals surface area (Å²) in [6.07, 6.45) is 22.0. The van der Waals surface area contributed by atoms with Gasteiger partial charge in [-0.2, -0.15) is 11.8 Å². The van der Waals surface area contributed by atoms with Gasteiger partial charge in [-0.05, 0) is 30.2 Å². The fourth-order valence-electron chi connectivity index (χ4n) is 4.00. The van der Waals surface area contributed by atoms with Crippen molar-refractivity contribution in [2.75, 3.05) is 18.1 Å². The highest BCUT2D eigenvalue weighted by Crippen LogP contribution is 2.21. The number of ether oxygens (including phenoxy) is 1. The second-order valence-electron chi connectivity index (χ2n) is 8.91.